The average molecular weight is 240 g/mol. The summed E-state index contributed by atoms with van der Waals surface area (Å²) in [7, 11) is 0. The fraction of sp³-hybridized carbons (Fsp3) is 0.143. The molecule has 0 amide bonds. The van der Waals surface area contributed by atoms with Crippen LogP contribution in [0, 0.1) is 13.8 Å². The molecular weight excluding hydrogens is 228 g/mol. The summed E-state index contributed by atoms with van der Waals surface area (Å²) < 4.78 is 7.19. The number of nitrogens with zero attached hydrogens (tertiary/aromatic N) is 2. The minimum Gasteiger partial charge on any atom is -0.445 e. The maximum Gasteiger partial charge on any atom is 0.233 e. The molecular formula is C14H12N2O2. The van der Waals surface area contributed by atoms with Crippen molar-refractivity contribution in [3.63, 3.8) is 0 Å². The van der Waals surface area contributed by atoms with E-state index in [-0.39, 0.29) is 5.43 Å². The Kier molecular flexibility index (Phi) is 2.30. The number of aromatic nitrogens is 2. The molecule has 1 aromatic carbocycles. The first-order chi connectivity index (χ1) is 8.68. The Morgan fingerprint density at radius 3 is 2.61 bits per heavy atom. The van der Waals surface area contributed by atoms with E-state index in [1.165, 1.54) is 6.26 Å². The lowest BCUT2D eigenvalue weighted by Gasteiger charge is -2.01. The molecule has 3 aromatic rings. The van der Waals surface area contributed by atoms with E-state index in [1.54, 1.807) is 11.6 Å². The van der Waals surface area contributed by atoms with Crippen molar-refractivity contribution in [3.8, 4) is 5.69 Å². The Labute approximate surface area is 103 Å². The molecule has 3 rings (SSSR count). The van der Waals surface area contributed by atoms with E-state index in [1.807, 2.05) is 37.3 Å². The normalized spacial score (nSPS) is 11.0. The highest BCUT2D eigenvalue weighted by atomic mass is 16.3. The molecule has 0 saturated carbocycles. The van der Waals surface area contributed by atoms with Gasteiger partial charge in [-0.1, -0.05) is 18.2 Å². The predicted molar refractivity (Wildman–Crippen MR) is 69.1 cm³/mol. The molecule has 0 spiro atoms. The van der Waals surface area contributed by atoms with Gasteiger partial charge in [-0.05, 0) is 26.0 Å². The summed E-state index contributed by atoms with van der Waals surface area (Å²) >= 11 is 0. The third kappa shape index (κ3) is 1.46. The summed E-state index contributed by atoms with van der Waals surface area (Å²) in [5.41, 5.74) is 2.64. The summed E-state index contributed by atoms with van der Waals surface area (Å²) in [5, 5.41) is 4.94. The van der Waals surface area contributed by atoms with E-state index in [4.69, 9.17) is 4.42 Å². The standard InChI is InChI=1S/C14H12N2O2/c1-9-8-18-14-12(13(9)17)10(2)15-16(14)11-6-4-3-5-7-11/h3-8H,1-2H3. The van der Waals surface area contributed by atoms with Crippen LogP contribution in [0.15, 0.2) is 45.8 Å². The van der Waals surface area contributed by atoms with Gasteiger partial charge >= 0.3 is 0 Å². The number of fused-ring (bicyclic) bond motifs is 1. The second-order valence-electron chi connectivity index (χ2n) is 4.26. The van der Waals surface area contributed by atoms with Crippen molar-refractivity contribution < 1.29 is 4.42 Å². The molecule has 0 aliphatic carbocycles. The van der Waals surface area contributed by atoms with Gasteiger partial charge in [-0.3, -0.25) is 4.79 Å². The lowest BCUT2D eigenvalue weighted by atomic mass is 10.2. The molecule has 4 nitrogen and oxygen atoms in total. The Bertz CT molecular complexity index is 770. The van der Waals surface area contributed by atoms with Gasteiger partial charge in [-0.25, -0.2) is 0 Å². The van der Waals surface area contributed by atoms with Crippen LogP contribution in [0.3, 0.4) is 0 Å². The first-order valence-corrected chi connectivity index (χ1v) is 5.71. The molecule has 0 radical (unpaired) electrons. The first-order valence-electron chi connectivity index (χ1n) is 5.71. The van der Waals surface area contributed by atoms with E-state index < -0.39 is 0 Å². The SMILES string of the molecule is Cc1coc2c(c(C)nn2-c2ccccc2)c1=O. The van der Waals surface area contributed by atoms with Crippen LogP contribution >= 0.6 is 0 Å². The molecule has 0 atom stereocenters. The zero-order chi connectivity index (χ0) is 12.7. The van der Waals surface area contributed by atoms with Gasteiger partial charge in [0.25, 0.3) is 0 Å². The van der Waals surface area contributed by atoms with E-state index in [0.717, 1.165) is 5.69 Å². The van der Waals surface area contributed by atoms with E-state index in [9.17, 15) is 4.79 Å². The Hall–Kier alpha value is -2.36. The summed E-state index contributed by atoms with van der Waals surface area (Å²) in [6.07, 6.45) is 1.48. The smallest absolute Gasteiger partial charge is 0.233 e. The van der Waals surface area contributed by atoms with Crippen LogP contribution in [0.1, 0.15) is 11.3 Å². The summed E-state index contributed by atoms with van der Waals surface area (Å²) in [6, 6.07) is 9.62. The van der Waals surface area contributed by atoms with Crippen LogP contribution in [-0.2, 0) is 0 Å². The Balaban J connectivity index is 2.41. The fourth-order valence-electron chi connectivity index (χ4n) is 2.02. The Morgan fingerprint density at radius 2 is 1.89 bits per heavy atom. The quantitative estimate of drug-likeness (QED) is 0.656. The van der Waals surface area contributed by atoms with Gasteiger partial charge in [0.1, 0.15) is 5.39 Å². The molecule has 2 heterocycles. The summed E-state index contributed by atoms with van der Waals surface area (Å²) in [5.74, 6) is 0. The van der Waals surface area contributed by atoms with Crippen LogP contribution in [-0.4, -0.2) is 9.78 Å². The van der Waals surface area contributed by atoms with Crippen LogP contribution in [0.2, 0.25) is 0 Å². The topological polar surface area (TPSA) is 48.0 Å². The fourth-order valence-corrected chi connectivity index (χ4v) is 2.02. The van der Waals surface area contributed by atoms with Gasteiger partial charge in [0.05, 0.1) is 17.6 Å². The molecule has 0 saturated heterocycles. The number of benzene rings is 1. The lowest BCUT2D eigenvalue weighted by Crippen LogP contribution is -2.05. The van der Waals surface area contributed by atoms with Crippen LogP contribution in [0.25, 0.3) is 16.8 Å². The molecule has 0 N–H and O–H groups in total. The zero-order valence-electron chi connectivity index (χ0n) is 10.2. The van der Waals surface area contributed by atoms with Gasteiger partial charge in [0.2, 0.25) is 5.71 Å². The van der Waals surface area contributed by atoms with Crippen LogP contribution < -0.4 is 5.43 Å². The highest BCUT2D eigenvalue weighted by molar-refractivity contribution is 5.78. The summed E-state index contributed by atoms with van der Waals surface area (Å²) in [4.78, 5) is 12.1. The number of hydrogen-bond donors (Lipinski definition) is 0. The molecule has 90 valence electrons. The van der Waals surface area contributed by atoms with Gasteiger partial charge in [0.15, 0.2) is 5.43 Å². The summed E-state index contributed by atoms with van der Waals surface area (Å²) in [6.45, 7) is 3.56. The molecule has 0 fully saturated rings. The van der Waals surface area contributed by atoms with Crippen molar-refractivity contribution >= 4 is 11.1 Å². The number of para-hydroxylation sites is 1. The van der Waals surface area contributed by atoms with Crippen molar-refractivity contribution in [1.82, 2.24) is 9.78 Å². The number of rotatable bonds is 1. The van der Waals surface area contributed by atoms with Crippen molar-refractivity contribution in [2.24, 2.45) is 0 Å². The molecule has 0 bridgehead atoms. The van der Waals surface area contributed by atoms with Gasteiger partial charge in [-0.15, -0.1) is 0 Å². The van der Waals surface area contributed by atoms with Crippen LogP contribution in [0.5, 0.6) is 0 Å². The molecule has 18 heavy (non-hydrogen) atoms. The van der Waals surface area contributed by atoms with Crippen LogP contribution in [0.4, 0.5) is 0 Å². The minimum absolute atomic E-state index is 0.0177. The molecule has 0 aliphatic heterocycles. The molecule has 2 aromatic heterocycles. The van der Waals surface area contributed by atoms with Crippen molar-refractivity contribution in [1.29, 1.82) is 0 Å². The third-order valence-electron chi connectivity index (χ3n) is 2.95. The monoisotopic (exact) mass is 240 g/mol. The zero-order valence-corrected chi connectivity index (χ0v) is 10.2. The minimum atomic E-state index is -0.0177. The molecule has 4 heteroatoms. The first kappa shape index (κ1) is 10.8. The maximum absolute atomic E-state index is 12.1. The second kappa shape index (κ2) is 3.84. The second-order valence-corrected chi connectivity index (χ2v) is 4.26. The van der Waals surface area contributed by atoms with Gasteiger partial charge in [-0.2, -0.15) is 9.78 Å². The lowest BCUT2D eigenvalue weighted by molar-refractivity contribution is 0.568. The molecule has 0 unspecified atom stereocenters. The highest BCUT2D eigenvalue weighted by Gasteiger charge is 2.15. The van der Waals surface area contributed by atoms with E-state index >= 15 is 0 Å². The van der Waals surface area contributed by atoms with Crippen molar-refractivity contribution in [3.05, 3.63) is 58.1 Å². The van der Waals surface area contributed by atoms with Gasteiger partial charge < -0.3 is 4.42 Å². The van der Waals surface area contributed by atoms with Gasteiger partial charge in [0, 0.05) is 5.56 Å². The van der Waals surface area contributed by atoms with Crippen molar-refractivity contribution in [2.45, 2.75) is 13.8 Å². The van der Waals surface area contributed by atoms with E-state index in [0.29, 0.717) is 22.4 Å². The Morgan fingerprint density at radius 1 is 1.17 bits per heavy atom. The number of hydrogen-bond acceptors (Lipinski definition) is 3. The van der Waals surface area contributed by atoms with E-state index in [2.05, 4.69) is 5.10 Å². The highest BCUT2D eigenvalue weighted by Crippen LogP contribution is 2.19. The maximum atomic E-state index is 12.1. The van der Waals surface area contributed by atoms with Crippen molar-refractivity contribution in [2.75, 3.05) is 0 Å². The largest absolute Gasteiger partial charge is 0.445 e. The predicted octanol–water partition coefficient (Wildman–Crippen LogP) is 2.60. The molecule has 0 aliphatic rings. The average Bonchev–Trinajstić information content (AvgIpc) is 2.73. The third-order valence-corrected chi connectivity index (χ3v) is 2.95. The number of aryl methyl sites for hydroxylation is 2.